The highest BCUT2D eigenvalue weighted by Crippen LogP contribution is 2.27. The summed E-state index contributed by atoms with van der Waals surface area (Å²) in [5.41, 5.74) is 0. The fourth-order valence-electron chi connectivity index (χ4n) is 2.73. The Morgan fingerprint density at radius 3 is 2.90 bits per heavy atom. The number of imidazole rings is 1. The summed E-state index contributed by atoms with van der Waals surface area (Å²) >= 11 is 0. The number of aromatic nitrogens is 2. The van der Waals surface area contributed by atoms with Crippen molar-refractivity contribution in [1.29, 1.82) is 0 Å². The van der Waals surface area contributed by atoms with Crippen molar-refractivity contribution in [2.45, 2.75) is 25.8 Å². The molecule has 1 aromatic heterocycles. The van der Waals surface area contributed by atoms with Crippen LogP contribution >= 0.6 is 0 Å². The zero-order valence-electron chi connectivity index (χ0n) is 12.2. The molecule has 1 aliphatic rings. The zero-order valence-corrected chi connectivity index (χ0v) is 13.0. The molecule has 6 nitrogen and oxygen atoms in total. The predicted octanol–water partition coefficient (Wildman–Crippen LogP) is 0.705. The molecule has 1 saturated heterocycles. The van der Waals surface area contributed by atoms with Crippen LogP contribution in [0.3, 0.4) is 0 Å². The van der Waals surface area contributed by atoms with Crippen molar-refractivity contribution in [3.05, 3.63) is 18.7 Å². The highest BCUT2D eigenvalue weighted by Gasteiger charge is 2.26. The lowest BCUT2D eigenvalue weighted by atomic mass is 9.93. The van der Waals surface area contributed by atoms with E-state index in [0.717, 1.165) is 26.1 Å². The molecule has 1 N–H and O–H groups in total. The van der Waals surface area contributed by atoms with E-state index in [1.54, 1.807) is 0 Å². The first-order chi connectivity index (χ1) is 9.46. The maximum atomic E-state index is 11.0. The smallest absolute Gasteiger partial charge is 0.208 e. The van der Waals surface area contributed by atoms with Crippen molar-refractivity contribution >= 4 is 10.0 Å². The first-order valence-electron chi connectivity index (χ1n) is 7.10. The Morgan fingerprint density at radius 2 is 2.25 bits per heavy atom. The second-order valence-corrected chi connectivity index (χ2v) is 7.50. The van der Waals surface area contributed by atoms with Crippen LogP contribution in [0.5, 0.6) is 0 Å². The van der Waals surface area contributed by atoms with E-state index in [1.807, 2.05) is 18.7 Å². The summed E-state index contributed by atoms with van der Waals surface area (Å²) in [5.74, 6) is 0.648. The van der Waals surface area contributed by atoms with E-state index >= 15 is 0 Å². The summed E-state index contributed by atoms with van der Waals surface area (Å²) in [6.45, 7) is 5.83. The Morgan fingerprint density at radius 1 is 1.45 bits per heavy atom. The molecule has 114 valence electrons. The van der Waals surface area contributed by atoms with Crippen molar-refractivity contribution in [1.82, 2.24) is 19.2 Å². The van der Waals surface area contributed by atoms with Crippen LogP contribution in [0.25, 0.3) is 0 Å². The third kappa shape index (κ3) is 4.57. The van der Waals surface area contributed by atoms with Gasteiger partial charge in [-0.3, -0.25) is 0 Å². The van der Waals surface area contributed by atoms with E-state index in [1.165, 1.54) is 12.7 Å². The Balaban J connectivity index is 1.79. The Kier molecular flexibility index (Phi) is 5.17. The quantitative estimate of drug-likeness (QED) is 0.786. The number of nitrogens with zero attached hydrogens (tertiary/aromatic N) is 3. The maximum absolute atomic E-state index is 11.0. The predicted molar refractivity (Wildman–Crippen MR) is 78.9 cm³/mol. The first-order valence-corrected chi connectivity index (χ1v) is 8.99. The molecule has 0 bridgehead atoms. The number of hydrogen-bond acceptors (Lipinski definition) is 4. The van der Waals surface area contributed by atoms with E-state index < -0.39 is 10.0 Å². The summed E-state index contributed by atoms with van der Waals surface area (Å²) in [5, 5.41) is 0. The van der Waals surface area contributed by atoms with Gasteiger partial charge in [0.05, 0.1) is 12.6 Å². The normalized spacial score (nSPS) is 24.9. The van der Waals surface area contributed by atoms with Gasteiger partial charge in [0.2, 0.25) is 10.0 Å². The molecule has 1 fully saturated rings. The monoisotopic (exact) mass is 300 g/mol. The van der Waals surface area contributed by atoms with Crippen molar-refractivity contribution in [2.24, 2.45) is 5.92 Å². The minimum Gasteiger partial charge on any atom is -0.333 e. The minimum atomic E-state index is -3.06. The summed E-state index contributed by atoms with van der Waals surface area (Å²) < 4.78 is 26.7. The molecule has 20 heavy (non-hydrogen) atoms. The van der Waals surface area contributed by atoms with Crippen LogP contribution in [-0.4, -0.2) is 55.3 Å². The van der Waals surface area contributed by atoms with Gasteiger partial charge in [-0.25, -0.2) is 18.1 Å². The van der Waals surface area contributed by atoms with E-state index in [-0.39, 0.29) is 0 Å². The molecular weight excluding hydrogens is 276 g/mol. The number of nitrogens with one attached hydrogen (secondary N) is 1. The summed E-state index contributed by atoms with van der Waals surface area (Å²) in [6.07, 6.45) is 8.94. The SMILES string of the molecule is C[C@H]1CCN(CCCNS(C)(=O)=O)C[C@@H]1n1ccnc1. The van der Waals surface area contributed by atoms with Crippen molar-refractivity contribution in [3.8, 4) is 0 Å². The first kappa shape index (κ1) is 15.5. The average molecular weight is 300 g/mol. The Bertz CT molecular complexity index is 500. The second-order valence-electron chi connectivity index (χ2n) is 5.66. The number of sulfonamides is 1. The number of hydrogen-bond donors (Lipinski definition) is 1. The average Bonchev–Trinajstić information content (AvgIpc) is 2.89. The lowest BCUT2D eigenvalue weighted by Gasteiger charge is -2.37. The van der Waals surface area contributed by atoms with E-state index in [2.05, 4.69) is 26.1 Å². The van der Waals surface area contributed by atoms with Gasteiger partial charge < -0.3 is 9.47 Å². The van der Waals surface area contributed by atoms with Crippen LogP contribution in [0.2, 0.25) is 0 Å². The molecule has 0 radical (unpaired) electrons. The number of rotatable bonds is 6. The molecule has 0 aromatic carbocycles. The van der Waals surface area contributed by atoms with Crippen LogP contribution < -0.4 is 4.72 Å². The molecule has 0 saturated carbocycles. The lowest BCUT2D eigenvalue weighted by Crippen LogP contribution is -2.41. The van der Waals surface area contributed by atoms with Crippen LogP contribution in [0.15, 0.2) is 18.7 Å². The largest absolute Gasteiger partial charge is 0.333 e. The molecule has 1 aromatic rings. The van der Waals surface area contributed by atoms with Gasteiger partial charge in [-0.05, 0) is 31.8 Å². The van der Waals surface area contributed by atoms with Gasteiger partial charge in [0.1, 0.15) is 0 Å². The van der Waals surface area contributed by atoms with Gasteiger partial charge in [-0.2, -0.15) is 0 Å². The zero-order chi connectivity index (χ0) is 14.6. The van der Waals surface area contributed by atoms with Gasteiger partial charge in [0.15, 0.2) is 0 Å². The van der Waals surface area contributed by atoms with Crippen molar-refractivity contribution < 1.29 is 8.42 Å². The van der Waals surface area contributed by atoms with E-state index in [4.69, 9.17) is 0 Å². The molecule has 2 rings (SSSR count). The standard InChI is InChI=1S/C13H24N4O2S/c1-12-4-8-16(7-3-5-15-20(2,18)19)10-13(12)17-9-6-14-11-17/h6,9,11-13,15H,3-5,7-8,10H2,1-2H3/t12-,13-/m0/s1. The second kappa shape index (κ2) is 6.69. The van der Waals surface area contributed by atoms with Crippen molar-refractivity contribution in [2.75, 3.05) is 32.4 Å². The third-order valence-electron chi connectivity index (χ3n) is 3.93. The van der Waals surface area contributed by atoms with Gasteiger partial charge in [-0.15, -0.1) is 0 Å². The minimum absolute atomic E-state index is 0.467. The van der Waals surface area contributed by atoms with Crippen LogP contribution in [-0.2, 0) is 10.0 Å². The molecule has 7 heteroatoms. The molecule has 0 aliphatic carbocycles. The highest BCUT2D eigenvalue weighted by atomic mass is 32.2. The molecule has 2 heterocycles. The summed E-state index contributed by atoms with van der Waals surface area (Å²) in [4.78, 5) is 6.54. The van der Waals surface area contributed by atoms with Crippen LogP contribution in [0, 0.1) is 5.92 Å². The van der Waals surface area contributed by atoms with E-state index in [0.29, 0.717) is 18.5 Å². The van der Waals surface area contributed by atoms with Crippen LogP contribution in [0.4, 0.5) is 0 Å². The summed E-state index contributed by atoms with van der Waals surface area (Å²) in [7, 11) is -3.06. The molecular formula is C13H24N4O2S. The maximum Gasteiger partial charge on any atom is 0.208 e. The van der Waals surface area contributed by atoms with Gasteiger partial charge >= 0.3 is 0 Å². The van der Waals surface area contributed by atoms with Crippen LogP contribution in [0.1, 0.15) is 25.8 Å². The number of piperidine rings is 1. The number of likely N-dealkylation sites (tertiary alicyclic amines) is 1. The van der Waals surface area contributed by atoms with Gasteiger partial charge in [0.25, 0.3) is 0 Å². The Labute approximate surface area is 121 Å². The Hall–Kier alpha value is -0.920. The molecule has 0 unspecified atom stereocenters. The molecule has 2 atom stereocenters. The fourth-order valence-corrected chi connectivity index (χ4v) is 3.25. The van der Waals surface area contributed by atoms with Crippen molar-refractivity contribution in [3.63, 3.8) is 0 Å². The van der Waals surface area contributed by atoms with Gasteiger partial charge in [0, 0.05) is 31.5 Å². The highest BCUT2D eigenvalue weighted by molar-refractivity contribution is 7.88. The fraction of sp³-hybridized carbons (Fsp3) is 0.769. The van der Waals surface area contributed by atoms with Gasteiger partial charge in [-0.1, -0.05) is 6.92 Å². The lowest BCUT2D eigenvalue weighted by molar-refractivity contribution is 0.131. The summed E-state index contributed by atoms with van der Waals surface area (Å²) in [6, 6.07) is 0.467. The molecule has 1 aliphatic heterocycles. The molecule has 0 amide bonds. The third-order valence-corrected chi connectivity index (χ3v) is 4.65. The van der Waals surface area contributed by atoms with E-state index in [9.17, 15) is 8.42 Å². The molecule has 0 spiro atoms. The topological polar surface area (TPSA) is 67.2 Å².